The lowest BCUT2D eigenvalue weighted by atomic mass is 10.0. The van der Waals surface area contributed by atoms with Crippen molar-refractivity contribution in [3.05, 3.63) is 90.0 Å². The average Bonchev–Trinajstić information content (AvgIpc) is 2.82. The number of hydrogen-bond acceptors (Lipinski definition) is 5. The summed E-state index contributed by atoms with van der Waals surface area (Å²) in [6, 6.07) is 25.7. The van der Waals surface area contributed by atoms with Crippen LogP contribution < -0.4 is 5.32 Å². The van der Waals surface area contributed by atoms with Crippen molar-refractivity contribution >= 4 is 23.4 Å². The van der Waals surface area contributed by atoms with Gasteiger partial charge in [-0.25, -0.2) is 4.98 Å². The van der Waals surface area contributed by atoms with Crippen molar-refractivity contribution in [2.24, 2.45) is 0 Å². The van der Waals surface area contributed by atoms with Gasteiger partial charge in [0.1, 0.15) is 11.4 Å². The second kappa shape index (κ2) is 9.75. The van der Waals surface area contributed by atoms with Crippen molar-refractivity contribution in [2.75, 3.05) is 5.32 Å². The number of rotatable bonds is 6. The van der Waals surface area contributed by atoms with Gasteiger partial charge in [-0.05, 0) is 44.0 Å². The van der Waals surface area contributed by atoms with Gasteiger partial charge in [-0.1, -0.05) is 78.5 Å². The number of nitrogens with one attached hydrogen (secondary N) is 1. The minimum absolute atomic E-state index is 0.102. The highest BCUT2D eigenvalue weighted by molar-refractivity contribution is 8.00. The van der Waals surface area contributed by atoms with Crippen LogP contribution in [0.4, 0.5) is 5.69 Å². The lowest BCUT2D eigenvalue weighted by Gasteiger charge is -2.13. The number of nitrogens with zero attached hydrogens (tertiary/aromatic N) is 3. The van der Waals surface area contributed by atoms with Crippen LogP contribution in [0, 0.1) is 13.8 Å². The average molecular weight is 441 g/mol. The molecule has 0 fully saturated rings. The van der Waals surface area contributed by atoms with Crippen LogP contribution in [0.15, 0.2) is 84.0 Å². The number of thioether (sulfide) groups is 1. The first kappa shape index (κ1) is 21.7. The van der Waals surface area contributed by atoms with Crippen LogP contribution in [0.25, 0.3) is 22.5 Å². The maximum absolute atomic E-state index is 12.7. The summed E-state index contributed by atoms with van der Waals surface area (Å²) in [5.41, 5.74) is 6.48. The molecule has 160 valence electrons. The Morgan fingerprint density at radius 1 is 0.812 bits per heavy atom. The quantitative estimate of drug-likeness (QED) is 0.376. The number of aromatic nitrogens is 3. The van der Waals surface area contributed by atoms with Crippen LogP contribution in [0.2, 0.25) is 0 Å². The van der Waals surface area contributed by atoms with Crippen LogP contribution in [0.5, 0.6) is 0 Å². The summed E-state index contributed by atoms with van der Waals surface area (Å²) in [5, 5.41) is 11.9. The molecule has 0 saturated carbocycles. The molecule has 1 N–H and O–H groups in total. The zero-order valence-corrected chi connectivity index (χ0v) is 19.1. The van der Waals surface area contributed by atoms with Gasteiger partial charge in [0, 0.05) is 16.8 Å². The summed E-state index contributed by atoms with van der Waals surface area (Å²) >= 11 is 1.29. The number of carbonyl (C=O) groups excluding carboxylic acids is 1. The Bertz CT molecular complexity index is 1230. The molecular weight excluding hydrogens is 416 g/mol. The molecule has 0 bridgehead atoms. The van der Waals surface area contributed by atoms with E-state index in [2.05, 4.69) is 15.5 Å². The molecule has 6 heteroatoms. The second-order valence-electron chi connectivity index (χ2n) is 7.57. The normalized spacial score (nSPS) is 11.7. The molecule has 0 aliphatic heterocycles. The predicted octanol–water partition coefficient (Wildman–Crippen LogP) is 5.94. The maximum atomic E-state index is 12.7. The van der Waals surface area contributed by atoms with E-state index >= 15 is 0 Å². The van der Waals surface area contributed by atoms with E-state index in [4.69, 9.17) is 4.98 Å². The van der Waals surface area contributed by atoms with E-state index in [0.717, 1.165) is 28.1 Å². The van der Waals surface area contributed by atoms with E-state index in [-0.39, 0.29) is 11.2 Å². The Kier molecular flexibility index (Phi) is 6.61. The van der Waals surface area contributed by atoms with Gasteiger partial charge >= 0.3 is 0 Å². The minimum atomic E-state index is -0.385. The summed E-state index contributed by atoms with van der Waals surface area (Å²) in [6.45, 7) is 5.92. The van der Waals surface area contributed by atoms with Crippen LogP contribution in [0.1, 0.15) is 18.1 Å². The smallest absolute Gasteiger partial charge is 0.237 e. The summed E-state index contributed by atoms with van der Waals surface area (Å²) in [7, 11) is 0. The molecular formula is C26H24N4OS. The maximum Gasteiger partial charge on any atom is 0.237 e. The van der Waals surface area contributed by atoms with E-state index < -0.39 is 0 Å². The topological polar surface area (TPSA) is 67.8 Å². The molecule has 0 radical (unpaired) electrons. The summed E-state index contributed by atoms with van der Waals surface area (Å²) < 4.78 is 0. The zero-order valence-electron chi connectivity index (χ0n) is 18.2. The number of carbonyl (C=O) groups is 1. The molecule has 0 aliphatic carbocycles. The summed E-state index contributed by atoms with van der Waals surface area (Å²) in [6.07, 6.45) is 0. The molecule has 1 aromatic heterocycles. The van der Waals surface area contributed by atoms with Crippen molar-refractivity contribution in [2.45, 2.75) is 31.2 Å². The molecule has 1 amide bonds. The monoisotopic (exact) mass is 440 g/mol. The van der Waals surface area contributed by atoms with Crippen LogP contribution >= 0.6 is 11.8 Å². The zero-order chi connectivity index (χ0) is 22.5. The highest BCUT2D eigenvalue weighted by Gasteiger charge is 2.19. The highest BCUT2D eigenvalue weighted by atomic mass is 32.2. The molecule has 1 atom stereocenters. The fourth-order valence-electron chi connectivity index (χ4n) is 3.22. The third kappa shape index (κ3) is 5.03. The Hall–Kier alpha value is -3.51. The highest BCUT2D eigenvalue weighted by Crippen LogP contribution is 2.30. The molecule has 3 aromatic carbocycles. The second-order valence-corrected chi connectivity index (χ2v) is 8.88. The van der Waals surface area contributed by atoms with Crippen LogP contribution in [-0.2, 0) is 4.79 Å². The third-order valence-electron chi connectivity index (χ3n) is 5.19. The van der Waals surface area contributed by atoms with Crippen molar-refractivity contribution in [3.63, 3.8) is 0 Å². The molecule has 4 rings (SSSR count). The molecule has 0 saturated heterocycles. The summed E-state index contributed by atoms with van der Waals surface area (Å²) in [4.78, 5) is 17.5. The van der Waals surface area contributed by atoms with Crippen molar-refractivity contribution in [3.8, 4) is 22.5 Å². The Morgan fingerprint density at radius 3 is 2.06 bits per heavy atom. The molecule has 32 heavy (non-hydrogen) atoms. The Balaban J connectivity index is 1.58. The molecule has 5 nitrogen and oxygen atoms in total. The van der Waals surface area contributed by atoms with Gasteiger partial charge in [0.25, 0.3) is 0 Å². The van der Waals surface area contributed by atoms with Crippen LogP contribution in [0.3, 0.4) is 0 Å². The van der Waals surface area contributed by atoms with Crippen molar-refractivity contribution in [1.29, 1.82) is 0 Å². The minimum Gasteiger partial charge on any atom is -0.325 e. The molecule has 0 spiro atoms. The number of hydrogen-bond donors (Lipinski definition) is 1. The van der Waals surface area contributed by atoms with Gasteiger partial charge in [-0.2, -0.15) is 0 Å². The Morgan fingerprint density at radius 2 is 1.44 bits per heavy atom. The number of anilines is 1. The van der Waals surface area contributed by atoms with Gasteiger partial charge < -0.3 is 5.32 Å². The summed E-state index contributed by atoms with van der Waals surface area (Å²) in [5.74, 6) is -0.102. The first-order valence-electron chi connectivity index (χ1n) is 10.4. The number of aryl methyl sites for hydroxylation is 2. The van der Waals surface area contributed by atoms with Crippen molar-refractivity contribution < 1.29 is 4.79 Å². The standard InChI is InChI=1S/C26H24N4OS/c1-17-14-15-22(16-18(17)2)27-25(31)19(3)32-26-28-23(20-10-6-4-7-11-20)24(29-30-26)21-12-8-5-9-13-21/h4-16,19H,1-3H3,(H,27,31). The van der Waals surface area contributed by atoms with Gasteiger partial charge in [-0.3, -0.25) is 4.79 Å². The van der Waals surface area contributed by atoms with E-state index in [9.17, 15) is 4.79 Å². The molecule has 4 aromatic rings. The SMILES string of the molecule is Cc1ccc(NC(=O)C(C)Sc2nnc(-c3ccccc3)c(-c3ccccc3)n2)cc1C. The van der Waals surface area contributed by atoms with E-state index in [1.54, 1.807) is 0 Å². The van der Waals surface area contributed by atoms with E-state index in [1.165, 1.54) is 17.3 Å². The predicted molar refractivity (Wildman–Crippen MR) is 131 cm³/mol. The van der Waals surface area contributed by atoms with E-state index in [0.29, 0.717) is 10.9 Å². The number of benzene rings is 3. The molecule has 1 unspecified atom stereocenters. The molecule has 1 heterocycles. The fraction of sp³-hybridized carbons (Fsp3) is 0.154. The lowest BCUT2D eigenvalue weighted by molar-refractivity contribution is -0.115. The lowest BCUT2D eigenvalue weighted by Crippen LogP contribution is -2.22. The first-order valence-corrected chi connectivity index (χ1v) is 11.3. The van der Waals surface area contributed by atoms with E-state index in [1.807, 2.05) is 99.6 Å². The van der Waals surface area contributed by atoms with Crippen LogP contribution in [-0.4, -0.2) is 26.3 Å². The molecule has 0 aliphatic rings. The van der Waals surface area contributed by atoms with Gasteiger partial charge in [-0.15, -0.1) is 10.2 Å². The van der Waals surface area contributed by atoms with Gasteiger partial charge in [0.05, 0.1) is 5.25 Å². The fourth-order valence-corrected chi connectivity index (χ4v) is 3.94. The van der Waals surface area contributed by atoms with Gasteiger partial charge in [0.15, 0.2) is 0 Å². The third-order valence-corrected chi connectivity index (χ3v) is 6.14. The first-order chi connectivity index (χ1) is 15.5. The van der Waals surface area contributed by atoms with Gasteiger partial charge in [0.2, 0.25) is 11.1 Å². The largest absolute Gasteiger partial charge is 0.325 e. The van der Waals surface area contributed by atoms with Crippen molar-refractivity contribution in [1.82, 2.24) is 15.2 Å². The number of amides is 1. The Labute approximate surface area is 192 Å².